The van der Waals surface area contributed by atoms with Crippen LogP contribution in [0.3, 0.4) is 0 Å². The summed E-state index contributed by atoms with van der Waals surface area (Å²) in [6.07, 6.45) is 0.341. The van der Waals surface area contributed by atoms with Crippen LogP contribution in [-0.2, 0) is 17.8 Å². The number of rotatable bonds is 4. The lowest BCUT2D eigenvalue weighted by molar-refractivity contribution is -0.115. The molecule has 0 aliphatic carbocycles. The van der Waals surface area contributed by atoms with Crippen LogP contribution in [0, 0.1) is 0 Å². The van der Waals surface area contributed by atoms with Gasteiger partial charge in [-0.3, -0.25) is 4.79 Å². The van der Waals surface area contributed by atoms with Gasteiger partial charge < -0.3 is 11.1 Å². The van der Waals surface area contributed by atoms with Gasteiger partial charge in [-0.1, -0.05) is 35.9 Å². The molecule has 19 heavy (non-hydrogen) atoms. The Morgan fingerprint density at radius 2 is 1.58 bits per heavy atom. The molecular formula is C15H15ClN2O. The summed E-state index contributed by atoms with van der Waals surface area (Å²) in [7, 11) is 0. The number of benzene rings is 2. The molecule has 0 heterocycles. The molecule has 0 aromatic heterocycles. The van der Waals surface area contributed by atoms with E-state index < -0.39 is 0 Å². The number of carbonyl (C=O) groups is 1. The lowest BCUT2D eigenvalue weighted by atomic mass is 10.1. The second-order valence-electron chi connectivity index (χ2n) is 4.25. The first-order valence-corrected chi connectivity index (χ1v) is 6.38. The van der Waals surface area contributed by atoms with Crippen molar-refractivity contribution in [2.45, 2.75) is 13.0 Å². The number of halogens is 1. The number of hydrogen-bond donors (Lipinski definition) is 2. The van der Waals surface area contributed by atoms with Crippen molar-refractivity contribution in [2.24, 2.45) is 5.73 Å². The molecule has 1 amide bonds. The van der Waals surface area contributed by atoms with Gasteiger partial charge >= 0.3 is 0 Å². The molecule has 3 nitrogen and oxygen atoms in total. The van der Waals surface area contributed by atoms with Crippen molar-refractivity contribution in [3.05, 3.63) is 64.7 Å². The predicted octanol–water partition coefficient (Wildman–Crippen LogP) is 2.98. The maximum atomic E-state index is 11.9. The lowest BCUT2D eigenvalue weighted by Crippen LogP contribution is -2.14. The number of nitrogens with two attached hydrogens (primary N) is 1. The normalized spacial score (nSPS) is 10.2. The Kier molecular flexibility index (Phi) is 4.55. The summed E-state index contributed by atoms with van der Waals surface area (Å²) in [5, 5.41) is 3.47. The van der Waals surface area contributed by atoms with Gasteiger partial charge in [0.25, 0.3) is 0 Å². The minimum absolute atomic E-state index is 0.0529. The summed E-state index contributed by atoms with van der Waals surface area (Å²) in [4.78, 5) is 11.9. The van der Waals surface area contributed by atoms with Crippen molar-refractivity contribution in [2.75, 3.05) is 5.32 Å². The van der Waals surface area contributed by atoms with Gasteiger partial charge in [-0.05, 0) is 35.4 Å². The average molecular weight is 275 g/mol. The van der Waals surface area contributed by atoms with Crippen LogP contribution in [0.2, 0.25) is 5.02 Å². The van der Waals surface area contributed by atoms with Gasteiger partial charge in [0, 0.05) is 17.3 Å². The summed E-state index contributed by atoms with van der Waals surface area (Å²) in [5.41, 5.74) is 8.29. The summed E-state index contributed by atoms with van der Waals surface area (Å²) < 4.78 is 0. The number of nitrogens with one attached hydrogen (secondary N) is 1. The summed E-state index contributed by atoms with van der Waals surface area (Å²) in [6.45, 7) is 0.511. The van der Waals surface area contributed by atoms with Crippen molar-refractivity contribution in [3.8, 4) is 0 Å². The highest BCUT2D eigenvalue weighted by Crippen LogP contribution is 2.14. The molecule has 0 spiro atoms. The molecule has 2 rings (SSSR count). The highest BCUT2D eigenvalue weighted by molar-refractivity contribution is 6.30. The van der Waals surface area contributed by atoms with Gasteiger partial charge in [0.05, 0.1) is 6.42 Å². The van der Waals surface area contributed by atoms with Crippen molar-refractivity contribution in [1.82, 2.24) is 0 Å². The van der Waals surface area contributed by atoms with Crippen LogP contribution in [0.15, 0.2) is 48.5 Å². The summed E-state index contributed by atoms with van der Waals surface area (Å²) in [5.74, 6) is -0.0529. The zero-order valence-electron chi connectivity index (χ0n) is 10.4. The Balaban J connectivity index is 1.95. The van der Waals surface area contributed by atoms with E-state index in [1.54, 1.807) is 24.3 Å². The zero-order valence-corrected chi connectivity index (χ0v) is 11.2. The van der Waals surface area contributed by atoms with E-state index in [-0.39, 0.29) is 5.91 Å². The Hall–Kier alpha value is -1.84. The maximum absolute atomic E-state index is 11.9. The third kappa shape index (κ3) is 4.09. The van der Waals surface area contributed by atoms with E-state index in [1.807, 2.05) is 24.3 Å². The molecule has 2 aromatic carbocycles. The van der Waals surface area contributed by atoms with Crippen LogP contribution in [0.5, 0.6) is 0 Å². The van der Waals surface area contributed by atoms with Crippen LogP contribution in [-0.4, -0.2) is 5.91 Å². The Morgan fingerprint density at radius 1 is 1.00 bits per heavy atom. The van der Waals surface area contributed by atoms with Crippen LogP contribution >= 0.6 is 11.6 Å². The quantitative estimate of drug-likeness (QED) is 0.901. The van der Waals surface area contributed by atoms with Crippen LogP contribution in [0.25, 0.3) is 0 Å². The first kappa shape index (κ1) is 13.6. The largest absolute Gasteiger partial charge is 0.326 e. The fourth-order valence-electron chi connectivity index (χ4n) is 1.72. The van der Waals surface area contributed by atoms with Gasteiger partial charge in [-0.2, -0.15) is 0 Å². The van der Waals surface area contributed by atoms with E-state index in [4.69, 9.17) is 17.3 Å². The van der Waals surface area contributed by atoms with E-state index in [0.717, 1.165) is 16.8 Å². The Bertz CT molecular complexity index is 549. The van der Waals surface area contributed by atoms with Crippen molar-refractivity contribution < 1.29 is 4.79 Å². The molecule has 0 aliphatic heterocycles. The second kappa shape index (κ2) is 6.36. The molecule has 2 aromatic rings. The van der Waals surface area contributed by atoms with Gasteiger partial charge in [-0.25, -0.2) is 0 Å². The first-order chi connectivity index (χ1) is 9.17. The molecule has 0 radical (unpaired) electrons. The number of hydrogen-bond acceptors (Lipinski definition) is 2. The van der Waals surface area contributed by atoms with Gasteiger partial charge in [0.2, 0.25) is 5.91 Å². The molecule has 0 bridgehead atoms. The monoisotopic (exact) mass is 274 g/mol. The standard InChI is InChI=1S/C15H15ClN2O/c16-13-5-7-14(8-6-13)18-15(19)9-11-1-3-12(10-17)4-2-11/h1-8H,9-10,17H2,(H,18,19). The van der Waals surface area contributed by atoms with Crippen molar-refractivity contribution in [3.63, 3.8) is 0 Å². The molecule has 0 atom stereocenters. The average Bonchev–Trinajstić information content (AvgIpc) is 2.42. The second-order valence-corrected chi connectivity index (χ2v) is 4.69. The van der Waals surface area contributed by atoms with E-state index >= 15 is 0 Å². The topological polar surface area (TPSA) is 55.1 Å². The van der Waals surface area contributed by atoms with Crippen molar-refractivity contribution in [1.29, 1.82) is 0 Å². The number of anilines is 1. The summed E-state index contributed by atoms with van der Waals surface area (Å²) in [6, 6.07) is 14.7. The van der Waals surface area contributed by atoms with E-state index in [2.05, 4.69) is 5.32 Å². The number of amides is 1. The van der Waals surface area contributed by atoms with Gasteiger partial charge in [0.15, 0.2) is 0 Å². The van der Waals surface area contributed by atoms with Gasteiger partial charge in [0.1, 0.15) is 0 Å². The molecule has 3 N–H and O–H groups in total. The Morgan fingerprint density at radius 3 is 2.16 bits per heavy atom. The smallest absolute Gasteiger partial charge is 0.228 e. The van der Waals surface area contributed by atoms with E-state index in [1.165, 1.54) is 0 Å². The van der Waals surface area contributed by atoms with Crippen LogP contribution < -0.4 is 11.1 Å². The fourth-order valence-corrected chi connectivity index (χ4v) is 1.84. The number of carbonyl (C=O) groups excluding carboxylic acids is 1. The van der Waals surface area contributed by atoms with Gasteiger partial charge in [-0.15, -0.1) is 0 Å². The molecule has 0 saturated carbocycles. The minimum atomic E-state index is -0.0529. The lowest BCUT2D eigenvalue weighted by Gasteiger charge is -2.06. The first-order valence-electron chi connectivity index (χ1n) is 6.00. The van der Waals surface area contributed by atoms with E-state index in [0.29, 0.717) is 18.0 Å². The third-order valence-electron chi connectivity index (χ3n) is 2.75. The highest BCUT2D eigenvalue weighted by Gasteiger charge is 2.04. The van der Waals surface area contributed by atoms with Crippen LogP contribution in [0.1, 0.15) is 11.1 Å². The zero-order chi connectivity index (χ0) is 13.7. The SMILES string of the molecule is NCc1ccc(CC(=O)Nc2ccc(Cl)cc2)cc1. The molecule has 98 valence electrons. The third-order valence-corrected chi connectivity index (χ3v) is 3.00. The summed E-state index contributed by atoms with van der Waals surface area (Å²) >= 11 is 5.78. The predicted molar refractivity (Wildman–Crippen MR) is 78.1 cm³/mol. The van der Waals surface area contributed by atoms with Crippen molar-refractivity contribution >= 4 is 23.2 Å². The van der Waals surface area contributed by atoms with E-state index in [9.17, 15) is 4.79 Å². The molecule has 4 heteroatoms. The molecule has 0 unspecified atom stereocenters. The molecule has 0 aliphatic rings. The minimum Gasteiger partial charge on any atom is -0.326 e. The maximum Gasteiger partial charge on any atom is 0.228 e. The molecular weight excluding hydrogens is 260 g/mol. The fraction of sp³-hybridized carbons (Fsp3) is 0.133. The molecule has 0 fully saturated rings. The molecule has 0 saturated heterocycles. The Labute approximate surface area is 117 Å². The van der Waals surface area contributed by atoms with Crippen LogP contribution in [0.4, 0.5) is 5.69 Å². The highest BCUT2D eigenvalue weighted by atomic mass is 35.5.